The maximum absolute atomic E-state index is 11.7. The first kappa shape index (κ1) is 14.7. The minimum Gasteiger partial charge on any atom is -0.455 e. The van der Waals surface area contributed by atoms with Gasteiger partial charge in [0, 0.05) is 10.0 Å². The zero-order chi connectivity index (χ0) is 15.4. The summed E-state index contributed by atoms with van der Waals surface area (Å²) in [7, 11) is 0. The fourth-order valence-electron chi connectivity index (χ4n) is 1.85. The van der Waals surface area contributed by atoms with Gasteiger partial charge in [-0.3, -0.25) is 4.79 Å². The minimum atomic E-state index is -0.233. The van der Waals surface area contributed by atoms with E-state index >= 15 is 0 Å². The highest BCUT2D eigenvalue weighted by Gasteiger charge is 2.07. The van der Waals surface area contributed by atoms with Gasteiger partial charge in [0.2, 0.25) is 0 Å². The van der Waals surface area contributed by atoms with Crippen LogP contribution in [0.3, 0.4) is 0 Å². The molecule has 0 bridgehead atoms. The Kier molecular flexibility index (Phi) is 4.50. The number of furan rings is 1. The summed E-state index contributed by atoms with van der Waals surface area (Å²) < 4.78 is 6.65. The summed E-state index contributed by atoms with van der Waals surface area (Å²) in [6, 6.07) is 15.0. The van der Waals surface area contributed by atoms with Gasteiger partial charge in [-0.25, -0.2) is 5.43 Å². The van der Waals surface area contributed by atoms with Crippen LogP contribution in [0.1, 0.15) is 15.4 Å². The molecule has 1 aromatic carbocycles. The second-order valence-electron chi connectivity index (χ2n) is 4.36. The van der Waals surface area contributed by atoms with E-state index in [2.05, 4.69) is 26.5 Å². The Morgan fingerprint density at radius 3 is 2.82 bits per heavy atom. The van der Waals surface area contributed by atoms with Crippen molar-refractivity contribution in [2.45, 2.75) is 0 Å². The maximum Gasteiger partial charge on any atom is 0.281 e. The zero-order valence-electron chi connectivity index (χ0n) is 11.3. The molecule has 0 unspecified atom stereocenters. The molecular formula is C16H11BrN2O2S. The number of benzene rings is 1. The van der Waals surface area contributed by atoms with Crippen molar-refractivity contribution in [1.29, 1.82) is 0 Å². The lowest BCUT2D eigenvalue weighted by Crippen LogP contribution is -2.15. The summed E-state index contributed by atoms with van der Waals surface area (Å²) in [5.41, 5.74) is 3.43. The molecule has 1 N–H and O–H groups in total. The molecule has 6 heteroatoms. The molecule has 0 atom stereocenters. The van der Waals surface area contributed by atoms with Crippen LogP contribution in [0.4, 0.5) is 0 Å². The standard InChI is InChI=1S/C16H11BrN2O2S/c17-13-5-2-1-4-12(13)14-8-7-11(21-14)10-18-19-16(20)15-6-3-9-22-15/h1-10H,(H,19,20)/b18-10-. The molecule has 2 aromatic heterocycles. The molecule has 0 aliphatic carbocycles. The molecule has 4 nitrogen and oxygen atoms in total. The Bertz CT molecular complexity index is 809. The predicted octanol–water partition coefficient (Wildman–Crippen LogP) is 4.53. The number of hydrazone groups is 1. The van der Waals surface area contributed by atoms with Gasteiger partial charge >= 0.3 is 0 Å². The highest BCUT2D eigenvalue weighted by molar-refractivity contribution is 9.10. The Morgan fingerprint density at radius 1 is 1.18 bits per heavy atom. The fourth-order valence-corrected chi connectivity index (χ4v) is 2.94. The highest BCUT2D eigenvalue weighted by atomic mass is 79.9. The van der Waals surface area contributed by atoms with Crippen molar-refractivity contribution in [2.24, 2.45) is 5.10 Å². The van der Waals surface area contributed by atoms with Crippen LogP contribution in [-0.2, 0) is 0 Å². The average molecular weight is 375 g/mol. The Hall–Kier alpha value is -2.18. The molecule has 0 spiro atoms. The predicted molar refractivity (Wildman–Crippen MR) is 91.2 cm³/mol. The molecule has 3 rings (SSSR count). The summed E-state index contributed by atoms with van der Waals surface area (Å²) in [5.74, 6) is 1.07. The maximum atomic E-state index is 11.7. The number of nitrogens with one attached hydrogen (secondary N) is 1. The van der Waals surface area contributed by atoms with E-state index in [0.717, 1.165) is 15.8 Å². The van der Waals surface area contributed by atoms with E-state index in [9.17, 15) is 4.79 Å². The summed E-state index contributed by atoms with van der Waals surface area (Å²) in [5, 5.41) is 5.75. The summed E-state index contributed by atoms with van der Waals surface area (Å²) >= 11 is 4.85. The van der Waals surface area contributed by atoms with E-state index in [1.165, 1.54) is 17.6 Å². The van der Waals surface area contributed by atoms with E-state index in [1.807, 2.05) is 41.8 Å². The molecule has 0 aliphatic heterocycles. The van der Waals surface area contributed by atoms with Gasteiger partial charge in [0.1, 0.15) is 11.5 Å². The van der Waals surface area contributed by atoms with E-state index in [0.29, 0.717) is 10.6 Å². The van der Waals surface area contributed by atoms with Crippen LogP contribution < -0.4 is 5.43 Å². The van der Waals surface area contributed by atoms with Gasteiger partial charge in [0.25, 0.3) is 5.91 Å². The lowest BCUT2D eigenvalue weighted by molar-refractivity contribution is 0.0959. The van der Waals surface area contributed by atoms with Crippen molar-refractivity contribution < 1.29 is 9.21 Å². The van der Waals surface area contributed by atoms with E-state index in [1.54, 1.807) is 12.1 Å². The number of hydrogen-bond donors (Lipinski definition) is 1. The first-order chi connectivity index (χ1) is 10.7. The second-order valence-corrected chi connectivity index (χ2v) is 6.16. The van der Waals surface area contributed by atoms with Crippen molar-refractivity contribution in [1.82, 2.24) is 5.43 Å². The van der Waals surface area contributed by atoms with Crippen molar-refractivity contribution in [3.8, 4) is 11.3 Å². The van der Waals surface area contributed by atoms with E-state index in [4.69, 9.17) is 4.42 Å². The molecule has 0 radical (unpaired) electrons. The van der Waals surface area contributed by atoms with Gasteiger partial charge in [-0.1, -0.05) is 40.2 Å². The number of halogens is 1. The number of carbonyl (C=O) groups is 1. The molecule has 0 saturated heterocycles. The Morgan fingerprint density at radius 2 is 2.05 bits per heavy atom. The topological polar surface area (TPSA) is 54.6 Å². The van der Waals surface area contributed by atoms with E-state index < -0.39 is 0 Å². The van der Waals surface area contributed by atoms with Crippen LogP contribution in [-0.4, -0.2) is 12.1 Å². The summed E-state index contributed by atoms with van der Waals surface area (Å²) in [6.07, 6.45) is 1.48. The molecule has 3 aromatic rings. The van der Waals surface area contributed by atoms with Gasteiger partial charge in [-0.05, 0) is 29.6 Å². The number of hydrogen-bond acceptors (Lipinski definition) is 4. The third kappa shape index (κ3) is 3.35. The molecule has 110 valence electrons. The lowest BCUT2D eigenvalue weighted by atomic mass is 10.2. The van der Waals surface area contributed by atoms with Gasteiger partial charge < -0.3 is 4.42 Å². The number of thiophene rings is 1. The van der Waals surface area contributed by atoms with E-state index in [-0.39, 0.29) is 5.91 Å². The molecule has 2 heterocycles. The third-order valence-electron chi connectivity index (χ3n) is 2.87. The van der Waals surface area contributed by atoms with Crippen LogP contribution in [0, 0.1) is 0 Å². The van der Waals surface area contributed by atoms with Crippen LogP contribution in [0.2, 0.25) is 0 Å². The zero-order valence-corrected chi connectivity index (χ0v) is 13.7. The molecule has 1 amide bonds. The lowest BCUT2D eigenvalue weighted by Gasteiger charge is -1.99. The monoisotopic (exact) mass is 374 g/mol. The van der Waals surface area contributed by atoms with Crippen LogP contribution in [0.5, 0.6) is 0 Å². The van der Waals surface area contributed by atoms with Gasteiger partial charge in [-0.15, -0.1) is 11.3 Å². The largest absolute Gasteiger partial charge is 0.455 e. The number of carbonyl (C=O) groups excluding carboxylic acids is 1. The first-order valence-corrected chi connectivity index (χ1v) is 8.13. The summed E-state index contributed by atoms with van der Waals surface area (Å²) in [6.45, 7) is 0. The van der Waals surface area contributed by atoms with Gasteiger partial charge in [0.05, 0.1) is 11.1 Å². The Labute approximate surface area is 139 Å². The quantitative estimate of drug-likeness (QED) is 0.538. The Balaban J connectivity index is 1.68. The molecule has 0 saturated carbocycles. The SMILES string of the molecule is O=C(N/N=C\c1ccc(-c2ccccc2Br)o1)c1cccs1. The molecule has 0 fully saturated rings. The normalized spacial score (nSPS) is 11.0. The van der Waals surface area contributed by atoms with Crippen LogP contribution >= 0.6 is 27.3 Å². The van der Waals surface area contributed by atoms with Gasteiger partial charge in [0.15, 0.2) is 0 Å². The van der Waals surface area contributed by atoms with Crippen molar-refractivity contribution in [3.05, 3.63) is 69.0 Å². The number of nitrogens with zero attached hydrogens (tertiary/aromatic N) is 1. The van der Waals surface area contributed by atoms with Crippen molar-refractivity contribution in [2.75, 3.05) is 0 Å². The fraction of sp³-hybridized carbons (Fsp3) is 0. The number of rotatable bonds is 4. The average Bonchev–Trinajstić information content (AvgIpc) is 3.19. The minimum absolute atomic E-state index is 0.233. The second kappa shape index (κ2) is 6.72. The molecule has 0 aliphatic rings. The van der Waals surface area contributed by atoms with Crippen molar-refractivity contribution >= 4 is 39.4 Å². The third-order valence-corrected chi connectivity index (χ3v) is 4.43. The molecule has 22 heavy (non-hydrogen) atoms. The van der Waals surface area contributed by atoms with Crippen molar-refractivity contribution in [3.63, 3.8) is 0 Å². The number of amides is 1. The van der Waals surface area contributed by atoms with Crippen LogP contribution in [0.25, 0.3) is 11.3 Å². The van der Waals surface area contributed by atoms with Crippen LogP contribution in [0.15, 0.2) is 67.9 Å². The van der Waals surface area contributed by atoms with Gasteiger partial charge in [-0.2, -0.15) is 5.10 Å². The highest BCUT2D eigenvalue weighted by Crippen LogP contribution is 2.28. The molecular weight excluding hydrogens is 364 g/mol. The smallest absolute Gasteiger partial charge is 0.281 e. The summed E-state index contributed by atoms with van der Waals surface area (Å²) in [4.78, 5) is 12.3. The first-order valence-electron chi connectivity index (χ1n) is 6.46.